The normalized spacial score (nSPS) is 20.4. The van der Waals surface area contributed by atoms with Gasteiger partial charge in [-0.1, -0.05) is 12.1 Å². The molecule has 0 bridgehead atoms. The Morgan fingerprint density at radius 3 is 2.61 bits per heavy atom. The van der Waals surface area contributed by atoms with Crippen molar-refractivity contribution in [2.24, 2.45) is 5.92 Å². The molecule has 2 aliphatic rings. The van der Waals surface area contributed by atoms with Gasteiger partial charge in [-0.3, -0.25) is 9.89 Å². The van der Waals surface area contributed by atoms with Crippen LogP contribution in [0.5, 0.6) is 0 Å². The second-order valence-corrected chi connectivity index (χ2v) is 8.50. The summed E-state index contributed by atoms with van der Waals surface area (Å²) in [6.07, 6.45) is 2.66. The van der Waals surface area contributed by atoms with Crippen LogP contribution in [-0.4, -0.2) is 56.6 Å². The molecular formula is C23H25FN6O. The summed E-state index contributed by atoms with van der Waals surface area (Å²) in [6.45, 7) is 7.56. The highest BCUT2D eigenvalue weighted by Crippen LogP contribution is 2.36. The van der Waals surface area contributed by atoms with Crippen molar-refractivity contribution < 1.29 is 9.18 Å². The second kappa shape index (κ2) is 7.44. The zero-order valence-corrected chi connectivity index (χ0v) is 17.9. The molecule has 160 valence electrons. The smallest absolute Gasteiger partial charge is 0.254 e. The largest absolute Gasteiger partial charge is 0.339 e. The highest BCUT2D eigenvalue weighted by molar-refractivity contribution is 6.01. The minimum Gasteiger partial charge on any atom is -0.339 e. The fourth-order valence-electron chi connectivity index (χ4n) is 4.79. The maximum Gasteiger partial charge on any atom is 0.254 e. The number of aromatic amines is 1. The Balaban J connectivity index is 1.40. The predicted octanol–water partition coefficient (Wildman–Crippen LogP) is 3.28. The number of aryl methyl sites for hydroxylation is 3. The lowest BCUT2D eigenvalue weighted by Gasteiger charge is -2.53. The molecule has 2 fully saturated rings. The summed E-state index contributed by atoms with van der Waals surface area (Å²) in [5.74, 6) is 0.694. The van der Waals surface area contributed by atoms with E-state index in [4.69, 9.17) is 0 Å². The summed E-state index contributed by atoms with van der Waals surface area (Å²) in [5.41, 5.74) is 4.17. The number of aromatic nitrogens is 4. The number of nitrogens with zero attached hydrogens (tertiary/aromatic N) is 5. The summed E-state index contributed by atoms with van der Waals surface area (Å²) in [5, 5.41) is 7.04. The summed E-state index contributed by atoms with van der Waals surface area (Å²) in [7, 11) is 0. The van der Waals surface area contributed by atoms with E-state index >= 15 is 0 Å². The maximum absolute atomic E-state index is 14.0. The van der Waals surface area contributed by atoms with Crippen molar-refractivity contribution in [3.8, 4) is 11.3 Å². The van der Waals surface area contributed by atoms with Crippen molar-refractivity contribution in [2.75, 3.05) is 24.5 Å². The monoisotopic (exact) mass is 420 g/mol. The van der Waals surface area contributed by atoms with Crippen LogP contribution in [0.3, 0.4) is 0 Å². The number of carbonyl (C=O) groups is 1. The van der Waals surface area contributed by atoms with Gasteiger partial charge in [-0.15, -0.1) is 0 Å². The molecule has 0 aliphatic carbocycles. The summed E-state index contributed by atoms with van der Waals surface area (Å²) >= 11 is 0. The van der Waals surface area contributed by atoms with Crippen LogP contribution in [0, 0.1) is 32.5 Å². The molecule has 31 heavy (non-hydrogen) atoms. The van der Waals surface area contributed by atoms with Crippen LogP contribution in [0.2, 0.25) is 0 Å². The molecule has 2 unspecified atom stereocenters. The summed E-state index contributed by atoms with van der Waals surface area (Å²) in [4.78, 5) is 26.3. The number of piperidine rings is 1. The minimum absolute atomic E-state index is 0.0313. The fourth-order valence-corrected chi connectivity index (χ4v) is 4.79. The van der Waals surface area contributed by atoms with Crippen LogP contribution < -0.4 is 4.90 Å². The minimum atomic E-state index is -0.357. The molecule has 0 saturated carbocycles. The van der Waals surface area contributed by atoms with Crippen LogP contribution >= 0.6 is 0 Å². The molecular weight excluding hydrogens is 395 g/mol. The quantitative estimate of drug-likeness (QED) is 0.704. The Hall–Kier alpha value is -3.29. The maximum atomic E-state index is 14.0. The average molecular weight is 420 g/mol. The van der Waals surface area contributed by atoms with Gasteiger partial charge in [-0.2, -0.15) is 5.10 Å². The number of fused-ring (bicyclic) bond motifs is 1. The lowest BCUT2D eigenvalue weighted by atomic mass is 9.81. The van der Waals surface area contributed by atoms with Gasteiger partial charge in [0.05, 0.1) is 23.1 Å². The number of rotatable bonds is 3. The molecule has 0 radical (unpaired) electrons. The van der Waals surface area contributed by atoms with Gasteiger partial charge in [0, 0.05) is 42.9 Å². The molecule has 3 aromatic rings. The van der Waals surface area contributed by atoms with Gasteiger partial charge >= 0.3 is 0 Å². The number of anilines is 1. The summed E-state index contributed by atoms with van der Waals surface area (Å²) in [6, 6.07) is 7.80. The first-order valence-corrected chi connectivity index (χ1v) is 10.6. The molecule has 2 aromatic heterocycles. The third-order valence-corrected chi connectivity index (χ3v) is 6.54. The number of benzene rings is 1. The third kappa shape index (κ3) is 3.26. The van der Waals surface area contributed by atoms with E-state index in [0.717, 1.165) is 36.3 Å². The van der Waals surface area contributed by atoms with Crippen LogP contribution in [0.25, 0.3) is 11.3 Å². The molecule has 2 aliphatic heterocycles. The fraction of sp³-hybridized carbons (Fsp3) is 0.391. The molecule has 1 amide bonds. The Labute approximate surface area is 180 Å². The Kier molecular flexibility index (Phi) is 4.72. The van der Waals surface area contributed by atoms with Gasteiger partial charge in [-0.05, 0) is 44.9 Å². The second-order valence-electron chi connectivity index (χ2n) is 8.50. The van der Waals surface area contributed by atoms with E-state index in [9.17, 15) is 9.18 Å². The Morgan fingerprint density at radius 1 is 1.13 bits per heavy atom. The molecule has 2 atom stereocenters. The van der Waals surface area contributed by atoms with E-state index in [1.165, 1.54) is 0 Å². The van der Waals surface area contributed by atoms with Crippen molar-refractivity contribution in [3.05, 3.63) is 58.8 Å². The van der Waals surface area contributed by atoms with Crippen molar-refractivity contribution in [1.82, 2.24) is 25.1 Å². The van der Waals surface area contributed by atoms with Crippen LogP contribution in [-0.2, 0) is 0 Å². The van der Waals surface area contributed by atoms with E-state index in [1.54, 1.807) is 20.0 Å². The van der Waals surface area contributed by atoms with Gasteiger partial charge in [0.15, 0.2) is 5.82 Å². The van der Waals surface area contributed by atoms with Crippen molar-refractivity contribution in [2.45, 2.75) is 33.2 Å². The molecule has 5 rings (SSSR count). The number of likely N-dealkylation sites (tertiary alicyclic amines) is 1. The topological polar surface area (TPSA) is 78.0 Å². The van der Waals surface area contributed by atoms with Crippen molar-refractivity contribution in [1.29, 1.82) is 0 Å². The number of hydrogen-bond donors (Lipinski definition) is 1. The standard InChI is InChI=1S/C23H25FN6O/c1-13-5-4-6-17(20(13)18-7-9-25-28-18)22(31)30-11-16-8-10-29(12-19(16)30)23-26-14(2)21(24)15(3)27-23/h4-7,9,16,19H,8,10-12H2,1-3H3,(H,25,28). The average Bonchev–Trinajstić information content (AvgIpc) is 3.26. The van der Waals surface area contributed by atoms with E-state index in [-0.39, 0.29) is 17.8 Å². The van der Waals surface area contributed by atoms with E-state index in [1.807, 2.05) is 36.1 Å². The van der Waals surface area contributed by atoms with E-state index in [2.05, 4.69) is 25.1 Å². The first kappa shape index (κ1) is 19.7. The van der Waals surface area contributed by atoms with Gasteiger partial charge in [0.2, 0.25) is 5.95 Å². The highest BCUT2D eigenvalue weighted by atomic mass is 19.1. The highest BCUT2D eigenvalue weighted by Gasteiger charge is 2.46. The van der Waals surface area contributed by atoms with Crippen LogP contribution in [0.1, 0.15) is 33.7 Å². The van der Waals surface area contributed by atoms with Gasteiger partial charge in [0.1, 0.15) is 0 Å². The van der Waals surface area contributed by atoms with Gasteiger partial charge < -0.3 is 9.80 Å². The summed E-state index contributed by atoms with van der Waals surface area (Å²) < 4.78 is 14.0. The molecule has 8 heteroatoms. The molecule has 4 heterocycles. The van der Waals surface area contributed by atoms with Crippen LogP contribution in [0.4, 0.5) is 10.3 Å². The van der Waals surface area contributed by atoms with Crippen LogP contribution in [0.15, 0.2) is 30.5 Å². The van der Waals surface area contributed by atoms with E-state index < -0.39 is 0 Å². The van der Waals surface area contributed by atoms with E-state index in [0.29, 0.717) is 35.4 Å². The SMILES string of the molecule is Cc1cccc(C(=O)N2CC3CCN(c4nc(C)c(F)c(C)n4)CC32)c1-c1ccn[nH]1. The number of H-pyrrole nitrogens is 1. The lowest BCUT2D eigenvalue weighted by molar-refractivity contribution is 0.00773. The zero-order valence-electron chi connectivity index (χ0n) is 17.9. The molecule has 0 spiro atoms. The number of hydrogen-bond acceptors (Lipinski definition) is 5. The predicted molar refractivity (Wildman–Crippen MR) is 115 cm³/mol. The van der Waals surface area contributed by atoms with Gasteiger partial charge in [-0.25, -0.2) is 14.4 Å². The molecule has 1 aromatic carbocycles. The molecule has 1 N–H and O–H groups in total. The number of nitrogens with one attached hydrogen (secondary N) is 1. The number of carbonyl (C=O) groups excluding carboxylic acids is 1. The molecule has 7 nitrogen and oxygen atoms in total. The zero-order chi connectivity index (χ0) is 21.7. The first-order valence-electron chi connectivity index (χ1n) is 10.6. The Morgan fingerprint density at radius 2 is 1.90 bits per heavy atom. The van der Waals surface area contributed by atoms with Gasteiger partial charge in [0.25, 0.3) is 5.91 Å². The molecule has 2 saturated heterocycles. The lowest BCUT2D eigenvalue weighted by Crippen LogP contribution is -2.66. The third-order valence-electron chi connectivity index (χ3n) is 6.54. The number of amides is 1. The number of halogens is 1. The van der Waals surface area contributed by atoms with Crippen molar-refractivity contribution in [3.63, 3.8) is 0 Å². The first-order chi connectivity index (χ1) is 14.9. The Bertz CT molecular complexity index is 1120. The van der Waals surface area contributed by atoms with Crippen molar-refractivity contribution >= 4 is 11.9 Å².